The molecule has 0 amide bonds. The standard InChI is InChI=1S/C18H16BrN/c1-13-9-16-11-15(12-20-18(16)17(19)10-13)8-7-14-5-3-2-4-6-14/h2-6,9-12H,7-8H2,1H3. The van der Waals surface area contributed by atoms with Crippen LogP contribution in [0.2, 0.25) is 0 Å². The fraction of sp³-hybridized carbons (Fsp3) is 0.167. The fourth-order valence-corrected chi connectivity index (χ4v) is 3.15. The largest absolute Gasteiger partial charge is 0.255 e. The highest BCUT2D eigenvalue weighted by Crippen LogP contribution is 2.24. The van der Waals surface area contributed by atoms with Crippen LogP contribution in [0.15, 0.2) is 59.2 Å². The normalized spacial score (nSPS) is 10.9. The van der Waals surface area contributed by atoms with Crippen molar-refractivity contribution < 1.29 is 0 Å². The van der Waals surface area contributed by atoms with Crippen molar-refractivity contribution in [2.45, 2.75) is 19.8 Å². The van der Waals surface area contributed by atoms with Crippen molar-refractivity contribution in [3.05, 3.63) is 75.9 Å². The van der Waals surface area contributed by atoms with Crippen LogP contribution in [0, 0.1) is 6.92 Å². The van der Waals surface area contributed by atoms with E-state index in [2.05, 4.69) is 76.4 Å². The number of hydrogen-bond donors (Lipinski definition) is 0. The minimum absolute atomic E-state index is 1.03. The second kappa shape index (κ2) is 5.76. The zero-order chi connectivity index (χ0) is 13.9. The molecule has 0 radical (unpaired) electrons. The number of benzene rings is 2. The van der Waals surface area contributed by atoms with Gasteiger partial charge in [0.25, 0.3) is 0 Å². The molecule has 0 aliphatic rings. The Labute approximate surface area is 127 Å². The van der Waals surface area contributed by atoms with E-state index in [0.29, 0.717) is 0 Å². The Morgan fingerprint density at radius 2 is 1.70 bits per heavy atom. The van der Waals surface area contributed by atoms with Crippen LogP contribution in [0.5, 0.6) is 0 Å². The Hall–Kier alpha value is -1.67. The van der Waals surface area contributed by atoms with Crippen LogP contribution in [-0.2, 0) is 12.8 Å². The Morgan fingerprint density at radius 1 is 0.950 bits per heavy atom. The lowest BCUT2D eigenvalue weighted by molar-refractivity contribution is 0.954. The van der Waals surface area contributed by atoms with Gasteiger partial charge in [0, 0.05) is 16.1 Å². The highest BCUT2D eigenvalue weighted by atomic mass is 79.9. The lowest BCUT2D eigenvalue weighted by atomic mass is 10.0. The van der Waals surface area contributed by atoms with Gasteiger partial charge in [0.1, 0.15) is 0 Å². The predicted molar refractivity (Wildman–Crippen MR) is 88.0 cm³/mol. The van der Waals surface area contributed by atoms with Gasteiger partial charge in [-0.15, -0.1) is 0 Å². The highest BCUT2D eigenvalue weighted by Gasteiger charge is 2.03. The third kappa shape index (κ3) is 2.91. The molecule has 0 N–H and O–H groups in total. The first-order chi connectivity index (χ1) is 9.72. The van der Waals surface area contributed by atoms with E-state index in [1.807, 2.05) is 6.20 Å². The third-order valence-corrected chi connectivity index (χ3v) is 4.09. The molecule has 0 unspecified atom stereocenters. The van der Waals surface area contributed by atoms with Gasteiger partial charge in [0.05, 0.1) is 5.52 Å². The van der Waals surface area contributed by atoms with Gasteiger partial charge < -0.3 is 0 Å². The molecule has 3 aromatic rings. The number of aromatic nitrogens is 1. The number of aryl methyl sites for hydroxylation is 3. The van der Waals surface area contributed by atoms with Crippen LogP contribution in [0.25, 0.3) is 10.9 Å². The van der Waals surface area contributed by atoms with Crippen molar-refractivity contribution in [3.8, 4) is 0 Å². The number of pyridine rings is 1. The number of rotatable bonds is 3. The smallest absolute Gasteiger partial charge is 0.0844 e. The lowest BCUT2D eigenvalue weighted by Crippen LogP contribution is -1.93. The molecule has 0 spiro atoms. The van der Waals surface area contributed by atoms with Gasteiger partial charge in [-0.1, -0.05) is 30.3 Å². The number of hydrogen-bond acceptors (Lipinski definition) is 1. The Morgan fingerprint density at radius 3 is 2.50 bits per heavy atom. The SMILES string of the molecule is Cc1cc(Br)c2ncc(CCc3ccccc3)cc2c1. The van der Waals surface area contributed by atoms with Crippen molar-refractivity contribution in [2.24, 2.45) is 0 Å². The average molecular weight is 326 g/mol. The van der Waals surface area contributed by atoms with E-state index in [0.717, 1.165) is 22.8 Å². The van der Waals surface area contributed by atoms with Crippen LogP contribution < -0.4 is 0 Å². The predicted octanol–water partition coefficient (Wildman–Crippen LogP) is 5.09. The summed E-state index contributed by atoms with van der Waals surface area (Å²) < 4.78 is 1.07. The number of halogens is 1. The molecule has 100 valence electrons. The Kier molecular flexibility index (Phi) is 3.83. The summed E-state index contributed by atoms with van der Waals surface area (Å²) in [7, 11) is 0. The lowest BCUT2D eigenvalue weighted by Gasteiger charge is -2.06. The maximum Gasteiger partial charge on any atom is 0.0844 e. The van der Waals surface area contributed by atoms with Gasteiger partial charge in [-0.2, -0.15) is 0 Å². The van der Waals surface area contributed by atoms with Crippen molar-refractivity contribution in [3.63, 3.8) is 0 Å². The van der Waals surface area contributed by atoms with E-state index in [-0.39, 0.29) is 0 Å². The molecule has 0 saturated carbocycles. The van der Waals surface area contributed by atoms with Crippen molar-refractivity contribution in [1.29, 1.82) is 0 Å². The summed E-state index contributed by atoms with van der Waals surface area (Å²) in [6.07, 6.45) is 4.07. The molecular formula is C18H16BrN. The van der Waals surface area contributed by atoms with Crippen molar-refractivity contribution in [1.82, 2.24) is 4.98 Å². The van der Waals surface area contributed by atoms with E-state index in [1.165, 1.54) is 22.1 Å². The monoisotopic (exact) mass is 325 g/mol. The molecule has 0 fully saturated rings. The van der Waals surface area contributed by atoms with Gasteiger partial charge in [-0.25, -0.2) is 0 Å². The summed E-state index contributed by atoms with van der Waals surface area (Å²) >= 11 is 3.59. The molecule has 0 saturated heterocycles. The molecular weight excluding hydrogens is 310 g/mol. The molecule has 2 aromatic carbocycles. The summed E-state index contributed by atoms with van der Waals surface area (Å²) in [6.45, 7) is 2.11. The summed E-state index contributed by atoms with van der Waals surface area (Å²) in [5, 5.41) is 1.21. The number of fused-ring (bicyclic) bond motifs is 1. The topological polar surface area (TPSA) is 12.9 Å². The van der Waals surface area contributed by atoms with Gasteiger partial charge in [-0.05, 0) is 70.6 Å². The fourth-order valence-electron chi connectivity index (χ4n) is 2.46. The zero-order valence-corrected chi connectivity index (χ0v) is 13.0. The molecule has 1 nitrogen and oxygen atoms in total. The maximum atomic E-state index is 4.59. The Bertz CT molecular complexity index is 735. The summed E-state index contributed by atoms with van der Waals surface area (Å²) in [5.74, 6) is 0. The molecule has 1 heterocycles. The van der Waals surface area contributed by atoms with Crippen LogP contribution in [0.4, 0.5) is 0 Å². The summed E-state index contributed by atoms with van der Waals surface area (Å²) in [4.78, 5) is 4.59. The molecule has 0 bridgehead atoms. The third-order valence-electron chi connectivity index (χ3n) is 3.48. The Balaban J connectivity index is 1.86. The molecule has 0 aliphatic carbocycles. The number of nitrogens with zero attached hydrogens (tertiary/aromatic N) is 1. The molecule has 0 atom stereocenters. The summed E-state index contributed by atoms with van der Waals surface area (Å²) in [5.41, 5.74) is 4.96. The van der Waals surface area contributed by atoms with Crippen molar-refractivity contribution >= 4 is 26.8 Å². The quantitative estimate of drug-likeness (QED) is 0.653. The maximum absolute atomic E-state index is 4.59. The molecule has 3 rings (SSSR count). The van der Waals surface area contributed by atoms with E-state index in [1.54, 1.807) is 0 Å². The van der Waals surface area contributed by atoms with E-state index >= 15 is 0 Å². The molecule has 1 aromatic heterocycles. The van der Waals surface area contributed by atoms with Gasteiger partial charge >= 0.3 is 0 Å². The van der Waals surface area contributed by atoms with E-state index in [9.17, 15) is 0 Å². The first-order valence-electron chi connectivity index (χ1n) is 6.81. The van der Waals surface area contributed by atoms with Gasteiger partial charge in [-0.3, -0.25) is 4.98 Å². The van der Waals surface area contributed by atoms with Crippen LogP contribution in [0.1, 0.15) is 16.7 Å². The van der Waals surface area contributed by atoms with Crippen LogP contribution in [0.3, 0.4) is 0 Å². The summed E-state index contributed by atoms with van der Waals surface area (Å²) in [6, 6.07) is 17.1. The van der Waals surface area contributed by atoms with Gasteiger partial charge in [0.15, 0.2) is 0 Å². The zero-order valence-electron chi connectivity index (χ0n) is 11.4. The van der Waals surface area contributed by atoms with E-state index < -0.39 is 0 Å². The second-order valence-corrected chi connectivity index (χ2v) is 6.00. The van der Waals surface area contributed by atoms with E-state index in [4.69, 9.17) is 0 Å². The average Bonchev–Trinajstić information content (AvgIpc) is 2.45. The van der Waals surface area contributed by atoms with Crippen molar-refractivity contribution in [2.75, 3.05) is 0 Å². The van der Waals surface area contributed by atoms with Crippen LogP contribution >= 0.6 is 15.9 Å². The first-order valence-corrected chi connectivity index (χ1v) is 7.60. The minimum atomic E-state index is 1.03. The minimum Gasteiger partial charge on any atom is -0.255 e. The van der Waals surface area contributed by atoms with Crippen LogP contribution in [-0.4, -0.2) is 4.98 Å². The molecule has 2 heteroatoms. The molecule has 20 heavy (non-hydrogen) atoms. The highest BCUT2D eigenvalue weighted by molar-refractivity contribution is 9.10. The second-order valence-electron chi connectivity index (χ2n) is 5.15. The molecule has 0 aliphatic heterocycles. The first kappa shape index (κ1) is 13.3. The van der Waals surface area contributed by atoms with Gasteiger partial charge in [0.2, 0.25) is 0 Å².